The number of esters is 2. The average molecular weight is 428 g/mol. The topological polar surface area (TPSA) is 80.8 Å². The van der Waals surface area contributed by atoms with E-state index in [0.29, 0.717) is 52.2 Å². The molecule has 32 heavy (non-hydrogen) atoms. The predicted molar refractivity (Wildman–Crippen MR) is 120 cm³/mol. The van der Waals surface area contributed by atoms with E-state index in [1.165, 1.54) is 0 Å². The highest BCUT2D eigenvalue weighted by molar-refractivity contribution is 6.11. The first kappa shape index (κ1) is 22.8. The molecule has 2 aromatic rings. The molecule has 162 valence electrons. The maximum Gasteiger partial charge on any atom is 0.338 e. The Hall–Kier alpha value is -3.90. The van der Waals surface area contributed by atoms with Gasteiger partial charge < -0.3 is 9.47 Å². The number of allylic oxidation sites excluding steroid dienone is 1. The number of rotatable bonds is 8. The number of benzene rings is 2. The van der Waals surface area contributed by atoms with Gasteiger partial charge in [-0.1, -0.05) is 44.9 Å². The molecular formula is C26H24N2O4. The Bertz CT molecular complexity index is 1150. The van der Waals surface area contributed by atoms with Crippen molar-refractivity contribution in [3.63, 3.8) is 0 Å². The summed E-state index contributed by atoms with van der Waals surface area (Å²) in [6.07, 6.45) is 3.35. The zero-order valence-electron chi connectivity index (χ0n) is 18.2. The molecule has 0 bridgehead atoms. The fraction of sp³-hybridized carbons (Fsp3) is 0.308. The lowest BCUT2D eigenvalue weighted by molar-refractivity contribution is 0.0490. The Morgan fingerprint density at radius 1 is 0.969 bits per heavy atom. The summed E-state index contributed by atoms with van der Waals surface area (Å²) in [5.74, 6) is -0.913. The molecule has 3 rings (SSSR count). The molecule has 6 nitrogen and oxygen atoms in total. The molecule has 1 aliphatic carbocycles. The van der Waals surface area contributed by atoms with Crippen molar-refractivity contribution in [3.05, 3.63) is 75.8 Å². The van der Waals surface area contributed by atoms with Crippen molar-refractivity contribution < 1.29 is 19.1 Å². The SMILES string of the molecule is [C-]#[N+]/C(C#N)=C1\c2cc(C(=O)OCCCC)ccc2-c2c(C(=O)OCCCC)cccc21. The number of carbonyl (C=O) groups excluding carboxylic acids is 2. The summed E-state index contributed by atoms with van der Waals surface area (Å²) in [7, 11) is 0. The highest BCUT2D eigenvalue weighted by Crippen LogP contribution is 2.48. The smallest absolute Gasteiger partial charge is 0.338 e. The largest absolute Gasteiger partial charge is 0.462 e. The Balaban J connectivity index is 2.13. The van der Waals surface area contributed by atoms with Gasteiger partial charge in [-0.3, -0.25) is 0 Å². The molecule has 0 fully saturated rings. The molecule has 0 radical (unpaired) electrons. The summed E-state index contributed by atoms with van der Waals surface area (Å²) in [5.41, 5.74) is 3.48. The molecule has 0 heterocycles. The third-order valence-electron chi connectivity index (χ3n) is 5.26. The zero-order valence-corrected chi connectivity index (χ0v) is 18.2. The van der Waals surface area contributed by atoms with Crippen LogP contribution in [0.4, 0.5) is 0 Å². The Labute approximate surface area is 187 Å². The van der Waals surface area contributed by atoms with Crippen molar-refractivity contribution in [1.82, 2.24) is 0 Å². The molecular weight excluding hydrogens is 404 g/mol. The minimum Gasteiger partial charge on any atom is -0.462 e. The van der Waals surface area contributed by atoms with Crippen molar-refractivity contribution in [2.24, 2.45) is 0 Å². The lowest BCUT2D eigenvalue weighted by Crippen LogP contribution is -2.08. The van der Waals surface area contributed by atoms with Crippen LogP contribution < -0.4 is 0 Å². The van der Waals surface area contributed by atoms with E-state index in [2.05, 4.69) is 4.85 Å². The lowest BCUT2D eigenvalue weighted by atomic mass is 9.98. The third kappa shape index (κ3) is 4.40. The maximum absolute atomic E-state index is 12.8. The second-order valence-corrected chi connectivity index (χ2v) is 7.41. The first-order valence-corrected chi connectivity index (χ1v) is 10.7. The molecule has 0 saturated heterocycles. The summed E-state index contributed by atoms with van der Waals surface area (Å²) in [6, 6.07) is 12.1. The molecule has 0 N–H and O–H groups in total. The Morgan fingerprint density at radius 3 is 2.28 bits per heavy atom. The van der Waals surface area contributed by atoms with Crippen LogP contribution in [0.15, 0.2) is 42.1 Å². The summed E-state index contributed by atoms with van der Waals surface area (Å²) in [6.45, 7) is 12.1. The van der Waals surface area contributed by atoms with Crippen LogP contribution in [0.5, 0.6) is 0 Å². The van der Waals surface area contributed by atoms with Crippen LogP contribution in [0, 0.1) is 17.9 Å². The van der Waals surface area contributed by atoms with Crippen molar-refractivity contribution >= 4 is 17.5 Å². The van der Waals surface area contributed by atoms with Gasteiger partial charge in [0, 0.05) is 11.1 Å². The fourth-order valence-electron chi connectivity index (χ4n) is 3.63. The molecule has 6 heteroatoms. The van der Waals surface area contributed by atoms with Crippen LogP contribution in [0.25, 0.3) is 21.5 Å². The van der Waals surface area contributed by atoms with Crippen LogP contribution in [0.1, 0.15) is 71.4 Å². The van der Waals surface area contributed by atoms with E-state index >= 15 is 0 Å². The van der Waals surface area contributed by atoms with Gasteiger partial charge in [-0.25, -0.2) is 19.7 Å². The predicted octanol–water partition coefficient (Wildman–Crippen LogP) is 5.78. The highest BCUT2D eigenvalue weighted by atomic mass is 16.5. The molecule has 0 saturated carbocycles. The van der Waals surface area contributed by atoms with Crippen LogP contribution in [-0.2, 0) is 9.47 Å². The van der Waals surface area contributed by atoms with Crippen LogP contribution in [0.3, 0.4) is 0 Å². The van der Waals surface area contributed by atoms with E-state index in [9.17, 15) is 14.9 Å². The summed E-state index contributed by atoms with van der Waals surface area (Å²) >= 11 is 0. The normalized spacial score (nSPS) is 12.8. The van der Waals surface area contributed by atoms with Gasteiger partial charge >= 0.3 is 11.9 Å². The molecule has 2 aromatic carbocycles. The molecule has 1 aliphatic rings. The first-order valence-electron chi connectivity index (χ1n) is 10.7. The number of hydrogen-bond acceptors (Lipinski definition) is 5. The number of nitrogens with zero attached hydrogens (tertiary/aromatic N) is 2. The van der Waals surface area contributed by atoms with Gasteiger partial charge in [0.05, 0.1) is 37.0 Å². The lowest BCUT2D eigenvalue weighted by Gasteiger charge is -2.10. The minimum atomic E-state index is -0.461. The van der Waals surface area contributed by atoms with E-state index in [1.54, 1.807) is 36.4 Å². The quantitative estimate of drug-likeness (QED) is 0.196. The van der Waals surface area contributed by atoms with Crippen molar-refractivity contribution in [2.45, 2.75) is 39.5 Å². The van der Waals surface area contributed by atoms with Crippen LogP contribution >= 0.6 is 0 Å². The third-order valence-corrected chi connectivity index (χ3v) is 5.26. The summed E-state index contributed by atoms with van der Waals surface area (Å²) < 4.78 is 10.7. The van der Waals surface area contributed by atoms with Gasteiger partial charge in [0.2, 0.25) is 0 Å². The van der Waals surface area contributed by atoms with Gasteiger partial charge in [-0.05, 0) is 47.7 Å². The summed E-state index contributed by atoms with van der Waals surface area (Å²) in [5, 5.41) is 9.58. The number of nitriles is 1. The van der Waals surface area contributed by atoms with Gasteiger partial charge in [-0.15, -0.1) is 0 Å². The Morgan fingerprint density at radius 2 is 1.66 bits per heavy atom. The number of fused-ring (bicyclic) bond motifs is 3. The van der Waals surface area contributed by atoms with Gasteiger partial charge in [0.1, 0.15) is 0 Å². The molecule has 0 aliphatic heterocycles. The monoisotopic (exact) mass is 428 g/mol. The van der Waals surface area contributed by atoms with Crippen molar-refractivity contribution in [2.75, 3.05) is 13.2 Å². The number of carbonyl (C=O) groups is 2. The van der Waals surface area contributed by atoms with E-state index in [-0.39, 0.29) is 5.70 Å². The van der Waals surface area contributed by atoms with Gasteiger partial charge in [0.25, 0.3) is 5.70 Å². The molecule has 0 spiro atoms. The number of ether oxygens (including phenoxy) is 2. The van der Waals surface area contributed by atoms with E-state index < -0.39 is 11.9 Å². The second-order valence-electron chi connectivity index (χ2n) is 7.41. The zero-order chi connectivity index (χ0) is 23.1. The fourth-order valence-corrected chi connectivity index (χ4v) is 3.63. The number of unbranched alkanes of at least 4 members (excludes halogenated alkanes) is 2. The van der Waals surface area contributed by atoms with Crippen LogP contribution in [0.2, 0.25) is 0 Å². The minimum absolute atomic E-state index is 0.0991. The molecule has 0 atom stereocenters. The van der Waals surface area contributed by atoms with Gasteiger partial charge in [-0.2, -0.15) is 0 Å². The number of hydrogen-bond donors (Lipinski definition) is 0. The standard InChI is InChI=1S/C26H24N2O4/c1-4-6-13-31-25(29)17-11-12-18-21(15-17)24(22(16-27)28-3)19-9-8-10-20(23(18)19)26(30)32-14-7-5-2/h8-12,15H,4-7,13-14H2,1-2H3/b24-22-. The molecule has 0 unspecified atom stereocenters. The van der Waals surface area contributed by atoms with Crippen molar-refractivity contribution in [1.29, 1.82) is 5.26 Å². The first-order chi connectivity index (χ1) is 15.6. The highest BCUT2D eigenvalue weighted by Gasteiger charge is 2.31. The maximum atomic E-state index is 12.8. The van der Waals surface area contributed by atoms with E-state index in [0.717, 1.165) is 25.7 Å². The molecule has 0 amide bonds. The summed E-state index contributed by atoms with van der Waals surface area (Å²) in [4.78, 5) is 28.7. The second kappa shape index (κ2) is 10.4. The van der Waals surface area contributed by atoms with E-state index in [4.69, 9.17) is 16.0 Å². The van der Waals surface area contributed by atoms with E-state index in [1.807, 2.05) is 19.9 Å². The van der Waals surface area contributed by atoms with Crippen molar-refractivity contribution in [3.8, 4) is 17.2 Å². The van der Waals surface area contributed by atoms with Crippen LogP contribution in [-0.4, -0.2) is 25.2 Å². The van der Waals surface area contributed by atoms with Gasteiger partial charge in [0.15, 0.2) is 0 Å². The average Bonchev–Trinajstić information content (AvgIpc) is 3.14. The Kier molecular flexibility index (Phi) is 7.41. The molecule has 0 aromatic heterocycles.